The number of para-hydroxylation sites is 2. The molecule has 1 rings (SSSR count). The second-order valence-electron chi connectivity index (χ2n) is 5.17. The average Bonchev–Trinajstić information content (AvgIpc) is 2.40. The smallest absolute Gasteiger partial charge is 0.161 e. The Morgan fingerprint density at radius 3 is 2.26 bits per heavy atom. The monoisotopic (exact) mass is 266 g/mol. The molecule has 1 aromatic carbocycles. The van der Waals surface area contributed by atoms with Crippen LogP contribution in [0.4, 0.5) is 0 Å². The summed E-state index contributed by atoms with van der Waals surface area (Å²) in [6.07, 6.45) is 0. The van der Waals surface area contributed by atoms with Crippen molar-refractivity contribution in [3.05, 3.63) is 24.3 Å². The zero-order chi connectivity index (χ0) is 14.3. The Balaban J connectivity index is 2.49. The zero-order valence-corrected chi connectivity index (χ0v) is 12.5. The normalized spacial score (nSPS) is 11.7. The molecule has 0 heterocycles. The van der Waals surface area contributed by atoms with E-state index in [1.54, 1.807) is 0 Å². The summed E-state index contributed by atoms with van der Waals surface area (Å²) in [5, 5.41) is 0. The van der Waals surface area contributed by atoms with Crippen LogP contribution in [0.15, 0.2) is 24.3 Å². The number of likely N-dealkylation sites (N-methyl/N-ethyl adjacent to an activating group) is 1. The van der Waals surface area contributed by atoms with Gasteiger partial charge in [-0.3, -0.25) is 4.90 Å². The van der Waals surface area contributed by atoms with Gasteiger partial charge in [0.15, 0.2) is 11.5 Å². The fraction of sp³-hybridized carbons (Fsp3) is 0.600. The number of nitrogens with two attached hydrogens (primary N) is 1. The van der Waals surface area contributed by atoms with Gasteiger partial charge in [-0.05, 0) is 40.0 Å². The van der Waals surface area contributed by atoms with Gasteiger partial charge in [0.1, 0.15) is 6.61 Å². The minimum atomic E-state index is -0.0111. The lowest BCUT2D eigenvalue weighted by molar-refractivity contribution is 0.134. The highest BCUT2D eigenvalue weighted by Crippen LogP contribution is 2.26. The summed E-state index contributed by atoms with van der Waals surface area (Å²) in [5.41, 5.74) is 5.74. The van der Waals surface area contributed by atoms with Crippen molar-refractivity contribution >= 4 is 0 Å². The van der Waals surface area contributed by atoms with Crippen LogP contribution < -0.4 is 15.2 Å². The lowest BCUT2D eigenvalue weighted by atomic mass is 10.0. The Bertz CT molecular complexity index is 380. The molecule has 0 aromatic heterocycles. The fourth-order valence-corrected chi connectivity index (χ4v) is 1.60. The predicted molar refractivity (Wildman–Crippen MR) is 78.9 cm³/mol. The first-order chi connectivity index (χ1) is 9.01. The molecule has 19 heavy (non-hydrogen) atoms. The number of hydrogen-bond donors (Lipinski definition) is 1. The van der Waals surface area contributed by atoms with Crippen LogP contribution in [0.1, 0.15) is 20.8 Å². The van der Waals surface area contributed by atoms with E-state index in [1.165, 1.54) is 0 Å². The molecule has 4 nitrogen and oxygen atoms in total. The minimum absolute atomic E-state index is 0.0111. The SMILES string of the molecule is CCOc1ccccc1OCCN(C)C(C)(C)CN. The topological polar surface area (TPSA) is 47.7 Å². The predicted octanol–water partition coefficient (Wildman–Crippen LogP) is 2.13. The second kappa shape index (κ2) is 7.36. The van der Waals surface area contributed by atoms with E-state index in [4.69, 9.17) is 15.2 Å². The van der Waals surface area contributed by atoms with Gasteiger partial charge in [0.2, 0.25) is 0 Å². The number of benzene rings is 1. The molecule has 4 heteroatoms. The summed E-state index contributed by atoms with van der Waals surface area (Å²) in [5.74, 6) is 1.59. The Kier molecular flexibility index (Phi) is 6.12. The molecule has 0 aliphatic heterocycles. The Hall–Kier alpha value is -1.26. The van der Waals surface area contributed by atoms with E-state index in [9.17, 15) is 0 Å². The summed E-state index contributed by atoms with van der Waals surface area (Å²) in [7, 11) is 2.06. The van der Waals surface area contributed by atoms with Crippen LogP contribution in [0.2, 0.25) is 0 Å². The van der Waals surface area contributed by atoms with Crippen LogP contribution in [-0.4, -0.2) is 43.8 Å². The molecule has 0 saturated heterocycles. The van der Waals surface area contributed by atoms with Crippen molar-refractivity contribution in [2.24, 2.45) is 5.73 Å². The van der Waals surface area contributed by atoms with Gasteiger partial charge in [-0.2, -0.15) is 0 Å². The third-order valence-corrected chi connectivity index (χ3v) is 3.37. The van der Waals surface area contributed by atoms with E-state index in [0.717, 1.165) is 18.0 Å². The van der Waals surface area contributed by atoms with Gasteiger partial charge in [-0.1, -0.05) is 12.1 Å². The summed E-state index contributed by atoms with van der Waals surface area (Å²) in [4.78, 5) is 2.20. The van der Waals surface area contributed by atoms with E-state index in [2.05, 4.69) is 25.8 Å². The minimum Gasteiger partial charge on any atom is -0.490 e. The van der Waals surface area contributed by atoms with E-state index < -0.39 is 0 Å². The number of nitrogens with zero attached hydrogens (tertiary/aromatic N) is 1. The first-order valence-electron chi connectivity index (χ1n) is 6.77. The molecule has 0 spiro atoms. The van der Waals surface area contributed by atoms with Gasteiger partial charge >= 0.3 is 0 Å². The Labute approximate surface area is 116 Å². The zero-order valence-electron chi connectivity index (χ0n) is 12.5. The van der Waals surface area contributed by atoms with Gasteiger partial charge < -0.3 is 15.2 Å². The molecule has 1 aromatic rings. The van der Waals surface area contributed by atoms with Crippen LogP contribution in [-0.2, 0) is 0 Å². The van der Waals surface area contributed by atoms with E-state index in [0.29, 0.717) is 19.8 Å². The molecule has 0 atom stereocenters. The Morgan fingerprint density at radius 2 is 1.74 bits per heavy atom. The molecule has 0 radical (unpaired) electrons. The average molecular weight is 266 g/mol. The molecule has 0 amide bonds. The third kappa shape index (κ3) is 4.73. The molecule has 108 valence electrons. The second-order valence-corrected chi connectivity index (χ2v) is 5.17. The maximum absolute atomic E-state index is 5.79. The molecular formula is C15H26N2O2. The molecule has 0 aliphatic carbocycles. The van der Waals surface area contributed by atoms with Crippen LogP contribution in [0, 0.1) is 0 Å². The van der Waals surface area contributed by atoms with E-state index >= 15 is 0 Å². The van der Waals surface area contributed by atoms with Crippen molar-refractivity contribution in [2.75, 3.05) is 33.4 Å². The molecule has 0 fully saturated rings. The summed E-state index contributed by atoms with van der Waals surface area (Å²) < 4.78 is 11.3. The summed E-state index contributed by atoms with van der Waals surface area (Å²) in [6, 6.07) is 7.75. The highest BCUT2D eigenvalue weighted by atomic mass is 16.5. The molecule has 0 saturated carbocycles. The lowest BCUT2D eigenvalue weighted by Gasteiger charge is -2.34. The van der Waals surface area contributed by atoms with Gasteiger partial charge in [-0.15, -0.1) is 0 Å². The number of ether oxygens (including phenoxy) is 2. The van der Waals surface area contributed by atoms with Gasteiger partial charge in [-0.25, -0.2) is 0 Å². The largest absolute Gasteiger partial charge is 0.490 e. The van der Waals surface area contributed by atoms with Gasteiger partial charge in [0.05, 0.1) is 6.61 Å². The maximum Gasteiger partial charge on any atom is 0.161 e. The lowest BCUT2D eigenvalue weighted by Crippen LogP contribution is -2.48. The van der Waals surface area contributed by atoms with E-state index in [1.807, 2.05) is 31.2 Å². The quantitative estimate of drug-likeness (QED) is 0.783. The molecular weight excluding hydrogens is 240 g/mol. The van der Waals surface area contributed by atoms with Crippen molar-refractivity contribution in [1.29, 1.82) is 0 Å². The highest BCUT2D eigenvalue weighted by Gasteiger charge is 2.21. The number of hydrogen-bond acceptors (Lipinski definition) is 4. The first-order valence-corrected chi connectivity index (χ1v) is 6.77. The molecule has 0 unspecified atom stereocenters. The Morgan fingerprint density at radius 1 is 1.16 bits per heavy atom. The molecule has 0 aliphatic rings. The van der Waals surface area contributed by atoms with Crippen molar-refractivity contribution in [1.82, 2.24) is 4.90 Å². The summed E-state index contributed by atoms with van der Waals surface area (Å²) in [6.45, 7) is 8.92. The first kappa shape index (κ1) is 15.8. The van der Waals surface area contributed by atoms with Crippen LogP contribution in [0.3, 0.4) is 0 Å². The van der Waals surface area contributed by atoms with Crippen molar-refractivity contribution in [3.8, 4) is 11.5 Å². The van der Waals surface area contributed by atoms with Crippen LogP contribution in [0.25, 0.3) is 0 Å². The highest BCUT2D eigenvalue weighted by molar-refractivity contribution is 5.39. The van der Waals surface area contributed by atoms with Crippen molar-refractivity contribution in [2.45, 2.75) is 26.3 Å². The van der Waals surface area contributed by atoms with E-state index in [-0.39, 0.29) is 5.54 Å². The van der Waals surface area contributed by atoms with Gasteiger partial charge in [0.25, 0.3) is 0 Å². The van der Waals surface area contributed by atoms with Crippen LogP contribution in [0.5, 0.6) is 11.5 Å². The van der Waals surface area contributed by atoms with Crippen molar-refractivity contribution in [3.63, 3.8) is 0 Å². The summed E-state index contributed by atoms with van der Waals surface area (Å²) >= 11 is 0. The molecule has 2 N–H and O–H groups in total. The van der Waals surface area contributed by atoms with Crippen molar-refractivity contribution < 1.29 is 9.47 Å². The number of rotatable bonds is 8. The maximum atomic E-state index is 5.79. The van der Waals surface area contributed by atoms with Crippen LogP contribution >= 0.6 is 0 Å². The molecule has 0 bridgehead atoms. The standard InChI is InChI=1S/C15H26N2O2/c1-5-18-13-8-6-7-9-14(13)19-11-10-17(4)15(2,3)12-16/h6-9H,5,10-12,16H2,1-4H3. The third-order valence-electron chi connectivity index (χ3n) is 3.37. The van der Waals surface area contributed by atoms with Gasteiger partial charge in [0, 0.05) is 18.6 Å². The fourth-order valence-electron chi connectivity index (χ4n) is 1.60.